The van der Waals surface area contributed by atoms with Crippen LogP contribution in [0.15, 0.2) is 18.5 Å². The topological polar surface area (TPSA) is 83.1 Å². The van der Waals surface area contributed by atoms with Gasteiger partial charge in [0.25, 0.3) is 5.69 Å². The summed E-state index contributed by atoms with van der Waals surface area (Å²) >= 11 is 6.00. The number of nitro groups is 1. The van der Waals surface area contributed by atoms with E-state index in [1.54, 1.807) is 7.05 Å². The molecule has 0 saturated heterocycles. The van der Waals surface area contributed by atoms with Crippen LogP contribution < -0.4 is 4.74 Å². The van der Waals surface area contributed by atoms with E-state index in [0.29, 0.717) is 16.3 Å². The van der Waals surface area contributed by atoms with Gasteiger partial charge < -0.3 is 4.74 Å². The Hall–Kier alpha value is -2.15. The van der Waals surface area contributed by atoms with Gasteiger partial charge >= 0.3 is 0 Å². The van der Waals surface area contributed by atoms with Gasteiger partial charge in [-0.3, -0.25) is 14.8 Å². The first kappa shape index (κ1) is 12.3. The Morgan fingerprint density at radius 2 is 2.22 bits per heavy atom. The van der Waals surface area contributed by atoms with E-state index >= 15 is 0 Å². The number of nitrogens with zero attached hydrogens (tertiary/aromatic N) is 4. The number of halogens is 1. The Morgan fingerprint density at radius 1 is 1.50 bits per heavy atom. The summed E-state index contributed by atoms with van der Waals surface area (Å²) in [4.78, 5) is 14.1. The van der Waals surface area contributed by atoms with E-state index in [2.05, 4.69) is 10.1 Å². The minimum absolute atomic E-state index is 0.136. The van der Waals surface area contributed by atoms with Crippen molar-refractivity contribution in [2.24, 2.45) is 7.05 Å². The molecular formula is C10H9ClN4O3. The third kappa shape index (κ3) is 2.00. The summed E-state index contributed by atoms with van der Waals surface area (Å²) in [6.45, 7) is 0. The Balaban J connectivity index is 2.68. The highest BCUT2D eigenvalue weighted by Crippen LogP contribution is 2.34. The van der Waals surface area contributed by atoms with Crippen molar-refractivity contribution < 1.29 is 9.66 Å². The van der Waals surface area contributed by atoms with Gasteiger partial charge in [-0.15, -0.1) is 0 Å². The minimum Gasteiger partial charge on any atom is -0.480 e. The lowest BCUT2D eigenvalue weighted by atomic mass is 10.2. The van der Waals surface area contributed by atoms with Crippen molar-refractivity contribution >= 4 is 17.3 Å². The van der Waals surface area contributed by atoms with Crippen LogP contribution in [0, 0.1) is 10.1 Å². The molecule has 8 heteroatoms. The molecule has 0 aliphatic heterocycles. The number of aromatic nitrogens is 3. The van der Waals surface area contributed by atoms with Gasteiger partial charge in [-0.2, -0.15) is 5.10 Å². The average Bonchev–Trinajstić information content (AvgIpc) is 2.68. The molecule has 2 heterocycles. The molecule has 0 atom stereocenters. The van der Waals surface area contributed by atoms with Crippen molar-refractivity contribution in [1.29, 1.82) is 0 Å². The third-order valence-electron chi connectivity index (χ3n) is 2.39. The van der Waals surface area contributed by atoms with Crippen molar-refractivity contribution in [3.63, 3.8) is 0 Å². The Kier molecular flexibility index (Phi) is 3.15. The van der Waals surface area contributed by atoms with Gasteiger partial charge in [0, 0.05) is 13.1 Å². The van der Waals surface area contributed by atoms with Gasteiger partial charge in [-0.25, -0.2) is 4.98 Å². The van der Waals surface area contributed by atoms with Crippen LogP contribution >= 0.6 is 11.6 Å². The maximum Gasteiger partial charge on any atom is 0.288 e. The smallest absolute Gasteiger partial charge is 0.288 e. The SMILES string of the molecule is COc1ncc([N+](=O)[O-])cc1-c1c(Cl)cnn1C. The second-order valence-corrected chi connectivity index (χ2v) is 3.88. The number of ether oxygens (including phenoxy) is 1. The van der Waals surface area contributed by atoms with Gasteiger partial charge in [0.2, 0.25) is 5.88 Å². The lowest BCUT2D eigenvalue weighted by Crippen LogP contribution is -1.99. The zero-order valence-corrected chi connectivity index (χ0v) is 10.4. The maximum atomic E-state index is 10.8. The number of rotatable bonds is 3. The molecule has 0 radical (unpaired) electrons. The van der Waals surface area contributed by atoms with Crippen molar-refractivity contribution in [2.45, 2.75) is 0 Å². The quantitative estimate of drug-likeness (QED) is 0.628. The first-order chi connectivity index (χ1) is 8.54. The molecule has 0 spiro atoms. The van der Waals surface area contributed by atoms with Gasteiger partial charge in [0.1, 0.15) is 6.20 Å². The predicted molar refractivity (Wildman–Crippen MR) is 64.7 cm³/mol. The number of pyridine rings is 1. The van der Waals surface area contributed by atoms with Crippen molar-refractivity contribution in [3.8, 4) is 17.1 Å². The highest BCUT2D eigenvalue weighted by molar-refractivity contribution is 6.33. The Morgan fingerprint density at radius 3 is 2.72 bits per heavy atom. The van der Waals surface area contributed by atoms with Crippen LogP contribution in [-0.2, 0) is 7.05 Å². The fraction of sp³-hybridized carbons (Fsp3) is 0.200. The second-order valence-electron chi connectivity index (χ2n) is 3.47. The molecule has 2 aromatic heterocycles. The van der Waals surface area contributed by atoms with Crippen LogP contribution in [0.5, 0.6) is 5.88 Å². The molecule has 0 aliphatic rings. The van der Waals surface area contributed by atoms with E-state index in [9.17, 15) is 10.1 Å². The molecule has 2 rings (SSSR count). The van der Waals surface area contributed by atoms with Crippen LogP contribution in [0.1, 0.15) is 0 Å². The number of aryl methyl sites for hydroxylation is 1. The van der Waals surface area contributed by atoms with E-state index in [4.69, 9.17) is 16.3 Å². The molecule has 0 fully saturated rings. The molecule has 18 heavy (non-hydrogen) atoms. The number of hydrogen-bond donors (Lipinski definition) is 0. The van der Waals surface area contributed by atoms with Crippen LogP contribution in [0.4, 0.5) is 5.69 Å². The molecule has 0 unspecified atom stereocenters. The van der Waals surface area contributed by atoms with Crippen LogP contribution in [0.2, 0.25) is 5.02 Å². The minimum atomic E-state index is -0.528. The first-order valence-electron chi connectivity index (χ1n) is 4.91. The molecule has 94 valence electrons. The lowest BCUT2D eigenvalue weighted by Gasteiger charge is -2.07. The van der Waals surface area contributed by atoms with Crippen molar-refractivity contribution in [2.75, 3.05) is 7.11 Å². The van der Waals surface area contributed by atoms with Crippen LogP contribution in [0.25, 0.3) is 11.3 Å². The largest absolute Gasteiger partial charge is 0.480 e. The van der Waals surface area contributed by atoms with Gasteiger partial charge in [0.15, 0.2) is 0 Å². The number of methoxy groups -OCH3 is 1. The fourth-order valence-corrected chi connectivity index (χ4v) is 1.85. The molecule has 0 aromatic carbocycles. The normalized spacial score (nSPS) is 10.4. The zero-order chi connectivity index (χ0) is 13.3. The highest BCUT2D eigenvalue weighted by atomic mass is 35.5. The summed E-state index contributed by atoms with van der Waals surface area (Å²) < 4.78 is 6.59. The van der Waals surface area contributed by atoms with Gasteiger partial charge in [-0.1, -0.05) is 11.6 Å². The van der Waals surface area contributed by atoms with E-state index in [1.165, 1.54) is 24.1 Å². The van der Waals surface area contributed by atoms with Crippen molar-refractivity contribution in [3.05, 3.63) is 33.6 Å². The standard InChI is InChI=1S/C10H9ClN4O3/c1-14-9(8(11)5-13-14)7-3-6(15(16)17)4-12-10(7)18-2/h3-5H,1-2H3. The number of hydrogen-bond acceptors (Lipinski definition) is 5. The van der Waals surface area contributed by atoms with Crippen LogP contribution in [0.3, 0.4) is 0 Å². The van der Waals surface area contributed by atoms with Gasteiger partial charge in [-0.05, 0) is 0 Å². The fourth-order valence-electron chi connectivity index (χ4n) is 1.59. The van der Waals surface area contributed by atoms with E-state index in [1.807, 2.05) is 0 Å². The highest BCUT2D eigenvalue weighted by Gasteiger charge is 2.19. The van der Waals surface area contributed by atoms with E-state index < -0.39 is 4.92 Å². The lowest BCUT2D eigenvalue weighted by molar-refractivity contribution is -0.385. The summed E-state index contributed by atoms with van der Waals surface area (Å²) in [7, 11) is 3.11. The predicted octanol–water partition coefficient (Wildman–Crippen LogP) is 2.05. The monoisotopic (exact) mass is 268 g/mol. The second kappa shape index (κ2) is 4.61. The molecule has 7 nitrogen and oxygen atoms in total. The van der Waals surface area contributed by atoms with E-state index in [0.717, 1.165) is 6.20 Å². The summed E-state index contributed by atoms with van der Waals surface area (Å²) in [6, 6.07) is 1.36. The Bertz CT molecular complexity index is 592. The molecule has 2 aromatic rings. The van der Waals surface area contributed by atoms with E-state index in [-0.39, 0.29) is 11.6 Å². The third-order valence-corrected chi connectivity index (χ3v) is 2.67. The molecule has 0 bridgehead atoms. The Labute approximate surface area is 107 Å². The molecule has 0 saturated carbocycles. The van der Waals surface area contributed by atoms with Crippen LogP contribution in [-0.4, -0.2) is 26.8 Å². The van der Waals surface area contributed by atoms with Gasteiger partial charge in [0.05, 0.1) is 34.5 Å². The van der Waals surface area contributed by atoms with Crippen molar-refractivity contribution in [1.82, 2.24) is 14.8 Å². The maximum absolute atomic E-state index is 10.8. The molecule has 0 aliphatic carbocycles. The summed E-state index contributed by atoms with van der Waals surface area (Å²) in [5.74, 6) is 0.256. The summed E-state index contributed by atoms with van der Waals surface area (Å²) in [5.41, 5.74) is 0.810. The summed E-state index contributed by atoms with van der Waals surface area (Å²) in [5, 5.41) is 15.1. The summed E-state index contributed by atoms with van der Waals surface area (Å²) in [6.07, 6.45) is 2.59. The molecule has 0 N–H and O–H groups in total. The zero-order valence-electron chi connectivity index (χ0n) is 9.62. The first-order valence-corrected chi connectivity index (χ1v) is 5.28. The molecule has 0 amide bonds. The molecular weight excluding hydrogens is 260 g/mol. The average molecular weight is 269 g/mol.